The van der Waals surface area contributed by atoms with E-state index in [4.69, 9.17) is 4.74 Å². The van der Waals surface area contributed by atoms with E-state index in [1.165, 1.54) is 10.4 Å². The standard InChI is InChI=1S/C19H21NO2S/c21-19(20-10-8-17-15(13-20)9-12-23-17)16-7-4-11-22-18(16)14-5-2-1-3-6-14/h1-3,5-6,9,12,16,18H,4,7-8,10-11,13H2/t16-,18-/m0/s1. The zero-order chi connectivity index (χ0) is 15.6. The van der Waals surface area contributed by atoms with Gasteiger partial charge in [-0.15, -0.1) is 11.3 Å². The van der Waals surface area contributed by atoms with Crippen LogP contribution in [0.2, 0.25) is 0 Å². The molecule has 2 aromatic rings. The molecule has 4 rings (SSSR count). The van der Waals surface area contributed by atoms with Crippen molar-refractivity contribution in [3.05, 3.63) is 57.8 Å². The van der Waals surface area contributed by atoms with Crippen LogP contribution in [0.25, 0.3) is 0 Å². The second kappa shape index (κ2) is 6.46. The van der Waals surface area contributed by atoms with Gasteiger partial charge in [0.25, 0.3) is 0 Å². The van der Waals surface area contributed by atoms with Crippen molar-refractivity contribution in [3.8, 4) is 0 Å². The van der Waals surface area contributed by atoms with E-state index in [0.717, 1.165) is 44.5 Å². The normalized spacial score (nSPS) is 24.3. The first-order valence-electron chi connectivity index (χ1n) is 8.33. The van der Waals surface area contributed by atoms with Crippen LogP contribution in [0.3, 0.4) is 0 Å². The van der Waals surface area contributed by atoms with Gasteiger partial charge in [0.2, 0.25) is 5.91 Å². The van der Waals surface area contributed by atoms with E-state index >= 15 is 0 Å². The third-order valence-electron chi connectivity index (χ3n) is 4.89. The number of hydrogen-bond acceptors (Lipinski definition) is 3. The summed E-state index contributed by atoms with van der Waals surface area (Å²) in [5.41, 5.74) is 2.45. The Morgan fingerprint density at radius 1 is 1.22 bits per heavy atom. The summed E-state index contributed by atoms with van der Waals surface area (Å²) < 4.78 is 6.00. The Bertz CT molecular complexity index is 682. The van der Waals surface area contributed by atoms with Crippen molar-refractivity contribution in [3.63, 3.8) is 0 Å². The van der Waals surface area contributed by atoms with Crippen LogP contribution in [0.1, 0.15) is 34.9 Å². The molecule has 1 amide bonds. The molecule has 0 N–H and O–H groups in total. The van der Waals surface area contributed by atoms with E-state index in [0.29, 0.717) is 0 Å². The van der Waals surface area contributed by atoms with Crippen LogP contribution in [-0.4, -0.2) is 24.0 Å². The Kier molecular flexibility index (Phi) is 4.19. The molecule has 1 aromatic carbocycles. The lowest BCUT2D eigenvalue weighted by atomic mass is 9.88. The predicted molar refractivity (Wildman–Crippen MR) is 91.3 cm³/mol. The van der Waals surface area contributed by atoms with Crippen molar-refractivity contribution in [2.24, 2.45) is 5.92 Å². The van der Waals surface area contributed by atoms with Crippen LogP contribution in [0.15, 0.2) is 41.8 Å². The van der Waals surface area contributed by atoms with E-state index in [-0.39, 0.29) is 17.9 Å². The molecule has 0 bridgehead atoms. The number of ether oxygens (including phenoxy) is 1. The molecule has 3 heterocycles. The Morgan fingerprint density at radius 2 is 2.09 bits per heavy atom. The maximum Gasteiger partial charge on any atom is 0.228 e. The summed E-state index contributed by atoms with van der Waals surface area (Å²) in [6.45, 7) is 2.35. The van der Waals surface area contributed by atoms with Crippen molar-refractivity contribution >= 4 is 17.2 Å². The van der Waals surface area contributed by atoms with E-state index < -0.39 is 0 Å². The second-order valence-corrected chi connectivity index (χ2v) is 7.33. The van der Waals surface area contributed by atoms with E-state index in [2.05, 4.69) is 23.6 Å². The van der Waals surface area contributed by atoms with Gasteiger partial charge in [0.15, 0.2) is 0 Å². The minimum absolute atomic E-state index is 0.0497. The number of rotatable bonds is 2. The SMILES string of the molecule is O=C([C@H]1CCCO[C@H]1c1ccccc1)N1CCc2sccc2C1. The molecule has 2 atom stereocenters. The number of carbonyl (C=O) groups excluding carboxylic acids is 1. The van der Waals surface area contributed by atoms with Gasteiger partial charge in [-0.2, -0.15) is 0 Å². The first-order valence-corrected chi connectivity index (χ1v) is 9.21. The lowest BCUT2D eigenvalue weighted by Crippen LogP contribution is -2.42. The van der Waals surface area contributed by atoms with Gasteiger partial charge in [-0.25, -0.2) is 0 Å². The molecule has 4 heteroatoms. The molecular formula is C19H21NO2S. The van der Waals surface area contributed by atoms with Crippen LogP contribution >= 0.6 is 11.3 Å². The Morgan fingerprint density at radius 3 is 2.96 bits per heavy atom. The summed E-state index contributed by atoms with van der Waals surface area (Å²) in [6, 6.07) is 12.4. The molecular weight excluding hydrogens is 306 g/mol. The van der Waals surface area contributed by atoms with Crippen LogP contribution < -0.4 is 0 Å². The maximum atomic E-state index is 13.1. The maximum absolute atomic E-state index is 13.1. The minimum atomic E-state index is -0.0960. The summed E-state index contributed by atoms with van der Waals surface area (Å²) in [6.07, 6.45) is 2.78. The zero-order valence-electron chi connectivity index (χ0n) is 13.1. The molecule has 2 aliphatic rings. The van der Waals surface area contributed by atoms with Gasteiger partial charge in [0.1, 0.15) is 0 Å². The highest BCUT2D eigenvalue weighted by molar-refractivity contribution is 7.10. The van der Waals surface area contributed by atoms with Crippen molar-refractivity contribution < 1.29 is 9.53 Å². The van der Waals surface area contributed by atoms with Crippen LogP contribution in [0, 0.1) is 5.92 Å². The van der Waals surface area contributed by atoms with Crippen LogP contribution in [0.4, 0.5) is 0 Å². The largest absolute Gasteiger partial charge is 0.373 e. The molecule has 0 aliphatic carbocycles. The fourth-order valence-electron chi connectivity index (χ4n) is 3.68. The second-order valence-electron chi connectivity index (χ2n) is 6.33. The van der Waals surface area contributed by atoms with Gasteiger partial charge >= 0.3 is 0 Å². The summed E-state index contributed by atoms with van der Waals surface area (Å²) in [4.78, 5) is 16.6. The molecule has 0 saturated carbocycles. The molecule has 0 unspecified atom stereocenters. The molecule has 1 fully saturated rings. The number of nitrogens with zero attached hydrogens (tertiary/aromatic N) is 1. The highest BCUT2D eigenvalue weighted by Crippen LogP contribution is 2.36. The zero-order valence-corrected chi connectivity index (χ0v) is 13.9. The summed E-state index contributed by atoms with van der Waals surface area (Å²) in [7, 11) is 0. The number of amides is 1. The molecule has 1 saturated heterocycles. The van der Waals surface area contributed by atoms with Gasteiger partial charge in [-0.05, 0) is 41.8 Å². The average Bonchev–Trinajstić information content (AvgIpc) is 3.09. The molecule has 1 aromatic heterocycles. The van der Waals surface area contributed by atoms with Crippen molar-refractivity contribution in [1.82, 2.24) is 4.90 Å². The van der Waals surface area contributed by atoms with Gasteiger partial charge in [0, 0.05) is 24.6 Å². The fourth-order valence-corrected chi connectivity index (χ4v) is 4.57. The van der Waals surface area contributed by atoms with Gasteiger partial charge < -0.3 is 9.64 Å². The third-order valence-corrected chi connectivity index (χ3v) is 5.91. The predicted octanol–water partition coefficient (Wildman–Crippen LogP) is 3.80. The van der Waals surface area contributed by atoms with Gasteiger partial charge in [0.05, 0.1) is 12.0 Å². The lowest BCUT2D eigenvalue weighted by molar-refractivity contribution is -0.146. The average molecular weight is 327 g/mol. The number of hydrogen-bond donors (Lipinski definition) is 0. The highest BCUT2D eigenvalue weighted by atomic mass is 32.1. The quantitative estimate of drug-likeness (QED) is 0.839. The third kappa shape index (κ3) is 2.93. The monoisotopic (exact) mass is 327 g/mol. The van der Waals surface area contributed by atoms with Crippen molar-refractivity contribution in [2.45, 2.75) is 31.9 Å². The smallest absolute Gasteiger partial charge is 0.228 e. The Hall–Kier alpha value is -1.65. The molecule has 0 radical (unpaired) electrons. The Labute approximate surface area is 140 Å². The van der Waals surface area contributed by atoms with Crippen LogP contribution in [-0.2, 0) is 22.5 Å². The molecule has 0 spiro atoms. The van der Waals surface area contributed by atoms with E-state index in [1.807, 2.05) is 34.4 Å². The number of thiophene rings is 1. The molecule has 23 heavy (non-hydrogen) atoms. The van der Waals surface area contributed by atoms with Gasteiger partial charge in [-0.3, -0.25) is 4.79 Å². The van der Waals surface area contributed by atoms with Crippen LogP contribution in [0.5, 0.6) is 0 Å². The summed E-state index contributed by atoms with van der Waals surface area (Å²) in [5, 5.41) is 2.13. The van der Waals surface area contributed by atoms with Crippen molar-refractivity contribution in [2.75, 3.05) is 13.2 Å². The molecule has 120 valence electrons. The number of carbonyl (C=O) groups is 1. The lowest BCUT2D eigenvalue weighted by Gasteiger charge is -2.36. The molecule has 3 nitrogen and oxygen atoms in total. The Balaban J connectivity index is 1.54. The first-order chi connectivity index (χ1) is 11.3. The summed E-state index contributed by atoms with van der Waals surface area (Å²) in [5.74, 6) is 0.210. The number of benzene rings is 1. The molecule has 2 aliphatic heterocycles. The van der Waals surface area contributed by atoms with Crippen molar-refractivity contribution in [1.29, 1.82) is 0 Å². The topological polar surface area (TPSA) is 29.5 Å². The van der Waals surface area contributed by atoms with E-state index in [1.54, 1.807) is 0 Å². The first kappa shape index (κ1) is 14.9. The highest BCUT2D eigenvalue weighted by Gasteiger charge is 2.36. The fraction of sp³-hybridized carbons (Fsp3) is 0.421. The number of fused-ring (bicyclic) bond motifs is 1. The van der Waals surface area contributed by atoms with Gasteiger partial charge in [-0.1, -0.05) is 30.3 Å². The summed E-state index contributed by atoms with van der Waals surface area (Å²) >= 11 is 1.81. The van der Waals surface area contributed by atoms with E-state index in [9.17, 15) is 4.79 Å². The minimum Gasteiger partial charge on any atom is -0.373 e.